The second kappa shape index (κ2) is 16.4. The van der Waals surface area contributed by atoms with E-state index in [-0.39, 0.29) is 18.0 Å². The number of benzene rings is 3. The van der Waals surface area contributed by atoms with E-state index in [0.29, 0.717) is 37.1 Å². The van der Waals surface area contributed by atoms with Crippen LogP contribution in [0.3, 0.4) is 0 Å². The van der Waals surface area contributed by atoms with Crippen molar-refractivity contribution in [1.29, 1.82) is 0 Å². The third-order valence-electron chi connectivity index (χ3n) is 9.05. The number of amides is 2. The molecule has 2 aliphatic heterocycles. The standard InChI is InChI=1S/C39H47ClN4O4/c1-27(41)36(45)43-35(28(2)47-25-30-14-8-5-9-15-30)37(46)44-21-11-18-34(44)19-20-39(3,24-31-16-10-17-32(40)22-31)38-42-33(26-48-38)23-29-12-6-4-7-13-29/h4-10,12-17,19-20,22,27-28,33-35H,11,18,21,23-26,41H2,1-3H3,(H,43,45)/b20-19+/t27-,28+,33-,34?,35-,39-/m0/s1. The minimum Gasteiger partial charge on any atom is -0.478 e. The third-order valence-corrected chi connectivity index (χ3v) is 9.28. The fourth-order valence-electron chi connectivity index (χ4n) is 6.33. The fourth-order valence-corrected chi connectivity index (χ4v) is 6.54. The number of rotatable bonds is 14. The van der Waals surface area contributed by atoms with Crippen LogP contribution in [-0.4, -0.2) is 66.0 Å². The highest BCUT2D eigenvalue weighted by molar-refractivity contribution is 6.30. The number of ether oxygens (including phenoxy) is 2. The Hall–Kier alpha value is -3.98. The molecule has 9 heteroatoms. The van der Waals surface area contributed by atoms with Crippen molar-refractivity contribution in [3.8, 4) is 0 Å². The Bertz CT molecular complexity index is 1580. The number of carbonyl (C=O) groups is 2. The molecule has 0 bridgehead atoms. The maximum Gasteiger partial charge on any atom is 0.248 e. The summed E-state index contributed by atoms with van der Waals surface area (Å²) in [6.07, 6.45) is 6.72. The number of nitrogens with two attached hydrogens (primary N) is 1. The van der Waals surface area contributed by atoms with E-state index in [4.69, 9.17) is 31.8 Å². The molecule has 1 saturated heterocycles. The summed E-state index contributed by atoms with van der Waals surface area (Å²) < 4.78 is 12.4. The molecule has 0 saturated carbocycles. The van der Waals surface area contributed by atoms with Crippen molar-refractivity contribution in [1.82, 2.24) is 10.2 Å². The van der Waals surface area contributed by atoms with Gasteiger partial charge in [-0.15, -0.1) is 0 Å². The Balaban J connectivity index is 1.37. The molecule has 2 aliphatic rings. The van der Waals surface area contributed by atoms with Crippen molar-refractivity contribution < 1.29 is 19.1 Å². The first-order valence-electron chi connectivity index (χ1n) is 16.8. The molecule has 48 heavy (non-hydrogen) atoms. The lowest BCUT2D eigenvalue weighted by atomic mass is 9.82. The van der Waals surface area contributed by atoms with Crippen LogP contribution in [0.2, 0.25) is 5.02 Å². The van der Waals surface area contributed by atoms with Gasteiger partial charge in [-0.1, -0.05) is 96.5 Å². The first-order valence-corrected chi connectivity index (χ1v) is 17.2. The molecule has 6 atom stereocenters. The molecule has 0 aliphatic carbocycles. The first-order chi connectivity index (χ1) is 23.1. The van der Waals surface area contributed by atoms with Crippen molar-refractivity contribution in [2.45, 2.75) is 83.3 Å². The van der Waals surface area contributed by atoms with Crippen LogP contribution < -0.4 is 11.1 Å². The van der Waals surface area contributed by atoms with Crippen LogP contribution in [0, 0.1) is 5.41 Å². The minimum atomic E-state index is -0.889. The smallest absolute Gasteiger partial charge is 0.248 e. The number of hydrogen-bond donors (Lipinski definition) is 2. The lowest BCUT2D eigenvalue weighted by molar-refractivity contribution is -0.141. The van der Waals surface area contributed by atoms with E-state index in [9.17, 15) is 9.59 Å². The molecule has 3 aromatic rings. The predicted octanol–water partition coefficient (Wildman–Crippen LogP) is 5.91. The number of nitrogens with zero attached hydrogens (tertiary/aromatic N) is 2. The SMILES string of the molecule is C[C@H](N)C(=O)N[C@H](C(=O)N1CCCC1/C=C/[C@@](C)(Cc1cccc(Cl)c1)C1=N[C@@H](Cc2ccccc2)CO1)[C@@H](C)OCc1ccccc1. The van der Waals surface area contributed by atoms with Crippen molar-refractivity contribution >= 4 is 29.3 Å². The summed E-state index contributed by atoms with van der Waals surface area (Å²) in [7, 11) is 0. The summed E-state index contributed by atoms with van der Waals surface area (Å²) >= 11 is 6.38. The van der Waals surface area contributed by atoms with E-state index in [2.05, 4.69) is 42.6 Å². The minimum absolute atomic E-state index is 0.0192. The molecule has 1 unspecified atom stereocenters. The molecular formula is C39H47ClN4O4. The summed E-state index contributed by atoms with van der Waals surface area (Å²) in [6.45, 7) is 6.95. The highest BCUT2D eigenvalue weighted by Crippen LogP contribution is 2.33. The van der Waals surface area contributed by atoms with E-state index in [1.54, 1.807) is 6.92 Å². The van der Waals surface area contributed by atoms with Crippen LogP contribution in [0.1, 0.15) is 50.3 Å². The number of nitrogens with one attached hydrogen (secondary N) is 1. The molecule has 8 nitrogen and oxygen atoms in total. The molecule has 5 rings (SSSR count). The van der Waals surface area contributed by atoms with Gasteiger partial charge < -0.3 is 25.4 Å². The largest absolute Gasteiger partial charge is 0.478 e. The quantitative estimate of drug-likeness (QED) is 0.207. The maximum atomic E-state index is 14.2. The van der Waals surface area contributed by atoms with Crippen LogP contribution in [0.5, 0.6) is 0 Å². The van der Waals surface area contributed by atoms with Crippen molar-refractivity contribution in [3.05, 3.63) is 119 Å². The molecule has 0 aromatic heterocycles. The van der Waals surface area contributed by atoms with E-state index in [1.807, 2.05) is 78.6 Å². The second-order valence-corrected chi connectivity index (χ2v) is 13.6. The zero-order valence-electron chi connectivity index (χ0n) is 28.1. The topological polar surface area (TPSA) is 106 Å². The van der Waals surface area contributed by atoms with Crippen LogP contribution in [0.15, 0.2) is 102 Å². The highest BCUT2D eigenvalue weighted by atomic mass is 35.5. The van der Waals surface area contributed by atoms with Gasteiger partial charge >= 0.3 is 0 Å². The van der Waals surface area contributed by atoms with Crippen molar-refractivity contribution in [2.24, 2.45) is 16.1 Å². The zero-order chi connectivity index (χ0) is 34.1. The summed E-state index contributed by atoms with van der Waals surface area (Å²) in [5.41, 5.74) is 8.58. The maximum absolute atomic E-state index is 14.2. The molecule has 254 valence electrons. The lowest BCUT2D eigenvalue weighted by Crippen LogP contribution is -2.57. The molecule has 0 spiro atoms. The van der Waals surface area contributed by atoms with Gasteiger partial charge in [0.05, 0.1) is 36.3 Å². The number of carbonyl (C=O) groups excluding carboxylic acids is 2. The molecule has 1 fully saturated rings. The summed E-state index contributed by atoms with van der Waals surface area (Å²) in [5.74, 6) is 0.0940. The summed E-state index contributed by atoms with van der Waals surface area (Å²) in [4.78, 5) is 33.9. The Kier molecular flexibility index (Phi) is 12.1. The van der Waals surface area contributed by atoms with Gasteiger partial charge in [0.2, 0.25) is 11.8 Å². The number of hydrogen-bond acceptors (Lipinski definition) is 6. The van der Waals surface area contributed by atoms with Gasteiger partial charge in [0.25, 0.3) is 0 Å². The van der Waals surface area contributed by atoms with Crippen LogP contribution in [-0.2, 0) is 38.5 Å². The number of aliphatic imine (C=N–C) groups is 1. The average molecular weight is 671 g/mol. The molecule has 3 N–H and O–H groups in total. The van der Waals surface area contributed by atoms with Gasteiger partial charge in [0, 0.05) is 11.6 Å². The van der Waals surface area contributed by atoms with Gasteiger partial charge in [-0.25, -0.2) is 4.99 Å². The third kappa shape index (κ3) is 9.34. The van der Waals surface area contributed by atoms with Crippen LogP contribution in [0.25, 0.3) is 0 Å². The second-order valence-electron chi connectivity index (χ2n) is 13.2. The Morgan fingerprint density at radius 1 is 1.06 bits per heavy atom. The molecule has 2 amide bonds. The summed E-state index contributed by atoms with van der Waals surface area (Å²) in [5, 5.41) is 3.55. The van der Waals surface area contributed by atoms with Gasteiger partial charge in [0.15, 0.2) is 5.90 Å². The fraction of sp³-hybridized carbons (Fsp3) is 0.410. The first kappa shape index (κ1) is 35.3. The Labute approximate surface area is 289 Å². The molecule has 3 aromatic carbocycles. The van der Waals surface area contributed by atoms with Crippen molar-refractivity contribution in [2.75, 3.05) is 13.2 Å². The summed E-state index contributed by atoms with van der Waals surface area (Å²) in [6, 6.07) is 26.1. The van der Waals surface area contributed by atoms with E-state index in [1.165, 1.54) is 5.56 Å². The van der Waals surface area contributed by atoms with Crippen molar-refractivity contribution in [3.63, 3.8) is 0 Å². The van der Waals surface area contributed by atoms with E-state index < -0.39 is 29.5 Å². The lowest BCUT2D eigenvalue weighted by Gasteiger charge is -2.32. The molecule has 0 radical (unpaired) electrons. The van der Waals surface area contributed by atoms with Gasteiger partial charge in [0.1, 0.15) is 12.6 Å². The number of likely N-dealkylation sites (tertiary alicyclic amines) is 1. The molecular weight excluding hydrogens is 624 g/mol. The zero-order valence-corrected chi connectivity index (χ0v) is 28.8. The molecule has 2 heterocycles. The Morgan fingerprint density at radius 2 is 1.75 bits per heavy atom. The van der Waals surface area contributed by atoms with E-state index in [0.717, 1.165) is 30.4 Å². The van der Waals surface area contributed by atoms with E-state index >= 15 is 0 Å². The predicted molar refractivity (Wildman–Crippen MR) is 191 cm³/mol. The normalized spacial score (nSPS) is 20.9. The van der Waals surface area contributed by atoms with Gasteiger partial charge in [-0.05, 0) is 75.3 Å². The van der Waals surface area contributed by atoms with Crippen LogP contribution >= 0.6 is 11.6 Å². The average Bonchev–Trinajstić information content (AvgIpc) is 3.76. The van der Waals surface area contributed by atoms with Gasteiger partial charge in [-0.3, -0.25) is 9.59 Å². The monoisotopic (exact) mass is 670 g/mol. The highest BCUT2D eigenvalue weighted by Gasteiger charge is 2.39. The number of halogens is 1. The Morgan fingerprint density at radius 3 is 2.44 bits per heavy atom. The van der Waals surface area contributed by atoms with Crippen LogP contribution in [0.4, 0.5) is 0 Å². The van der Waals surface area contributed by atoms with Gasteiger partial charge in [-0.2, -0.15) is 0 Å².